The van der Waals surface area contributed by atoms with Gasteiger partial charge in [0.25, 0.3) is 0 Å². The first-order valence-corrected chi connectivity index (χ1v) is 6.58. The summed E-state index contributed by atoms with van der Waals surface area (Å²) < 4.78 is 1.10. The third kappa shape index (κ3) is 3.00. The zero-order valence-corrected chi connectivity index (χ0v) is 12.4. The Kier molecular flexibility index (Phi) is 4.85. The first kappa shape index (κ1) is 13.6. The molecule has 0 saturated carbocycles. The van der Waals surface area contributed by atoms with Gasteiger partial charge < -0.3 is 0 Å². The van der Waals surface area contributed by atoms with Gasteiger partial charge in [0.2, 0.25) is 0 Å². The van der Waals surface area contributed by atoms with E-state index in [4.69, 9.17) is 12.2 Å². The molecule has 0 bridgehead atoms. The van der Waals surface area contributed by atoms with Crippen molar-refractivity contribution < 1.29 is 0 Å². The predicted octanol–water partition coefficient (Wildman–Crippen LogP) is 5.43. The highest BCUT2D eigenvalue weighted by Crippen LogP contribution is 2.37. The van der Waals surface area contributed by atoms with Gasteiger partial charge in [-0.05, 0) is 47.3 Å². The van der Waals surface area contributed by atoms with Gasteiger partial charge in [-0.3, -0.25) is 0 Å². The van der Waals surface area contributed by atoms with E-state index in [2.05, 4.69) is 65.9 Å². The third-order valence-electron chi connectivity index (χ3n) is 2.54. The van der Waals surface area contributed by atoms with E-state index in [-0.39, 0.29) is 0 Å². The average Bonchev–Trinajstić information content (AvgIpc) is 2.19. The van der Waals surface area contributed by atoms with Crippen molar-refractivity contribution in [3.05, 3.63) is 27.7 Å². The number of benzene rings is 1. The molecule has 0 atom stereocenters. The maximum Gasteiger partial charge on any atom is 0.0809 e. The van der Waals surface area contributed by atoms with Crippen molar-refractivity contribution in [1.29, 1.82) is 0 Å². The molecule has 0 fully saturated rings. The zero-order chi connectivity index (χ0) is 12.3. The normalized spacial score (nSPS) is 10.7. The monoisotopic (exact) mass is 297 g/mol. The molecule has 0 saturated heterocycles. The second-order valence-corrected chi connectivity index (χ2v) is 5.54. The van der Waals surface area contributed by atoms with E-state index < -0.39 is 0 Å². The lowest BCUT2D eigenvalue weighted by atomic mass is 9.93. The predicted molar refractivity (Wildman–Crippen MR) is 77.0 cm³/mol. The molecular formula is C13H16BrNS. The van der Waals surface area contributed by atoms with Gasteiger partial charge in [0.05, 0.1) is 10.8 Å². The Bertz CT molecular complexity index is 403. The Balaban J connectivity index is 3.53. The second-order valence-electron chi connectivity index (χ2n) is 4.45. The van der Waals surface area contributed by atoms with Crippen molar-refractivity contribution in [2.75, 3.05) is 0 Å². The van der Waals surface area contributed by atoms with Gasteiger partial charge in [-0.2, -0.15) is 4.99 Å². The molecule has 1 aromatic carbocycles. The van der Waals surface area contributed by atoms with Crippen LogP contribution in [0.25, 0.3) is 0 Å². The lowest BCUT2D eigenvalue weighted by molar-refractivity contribution is 0.833. The highest BCUT2D eigenvalue weighted by Gasteiger charge is 2.14. The first-order chi connectivity index (χ1) is 7.47. The number of thiocarbonyl (C=S) groups is 1. The minimum absolute atomic E-state index is 0.428. The summed E-state index contributed by atoms with van der Waals surface area (Å²) in [5.41, 5.74) is 3.43. The number of isothiocyanates is 1. The molecule has 1 rings (SSSR count). The second kappa shape index (κ2) is 5.72. The van der Waals surface area contributed by atoms with Crippen molar-refractivity contribution in [2.24, 2.45) is 4.99 Å². The van der Waals surface area contributed by atoms with Crippen molar-refractivity contribution in [3.8, 4) is 0 Å². The van der Waals surface area contributed by atoms with E-state index >= 15 is 0 Å². The van der Waals surface area contributed by atoms with E-state index in [1.165, 1.54) is 11.1 Å². The van der Waals surface area contributed by atoms with Crippen LogP contribution in [0.15, 0.2) is 21.6 Å². The molecule has 0 radical (unpaired) electrons. The number of hydrogen-bond donors (Lipinski definition) is 0. The lowest BCUT2D eigenvalue weighted by Crippen LogP contribution is -1.95. The maximum absolute atomic E-state index is 4.73. The Morgan fingerprint density at radius 3 is 1.88 bits per heavy atom. The summed E-state index contributed by atoms with van der Waals surface area (Å²) >= 11 is 8.28. The summed E-state index contributed by atoms with van der Waals surface area (Å²) in [4.78, 5) is 4.23. The van der Waals surface area contributed by atoms with Gasteiger partial charge in [0.1, 0.15) is 0 Å². The molecule has 1 nitrogen and oxygen atoms in total. The quantitative estimate of drug-likeness (QED) is 0.535. The highest BCUT2D eigenvalue weighted by molar-refractivity contribution is 9.10. The fourth-order valence-electron chi connectivity index (χ4n) is 1.70. The number of aliphatic imine (C=N–C) groups is 1. The van der Waals surface area contributed by atoms with Crippen LogP contribution >= 0.6 is 28.1 Å². The fraction of sp³-hybridized carbons (Fsp3) is 0.462. The molecular weight excluding hydrogens is 282 g/mol. The summed E-state index contributed by atoms with van der Waals surface area (Å²) in [6.45, 7) is 8.64. The van der Waals surface area contributed by atoms with E-state index in [0.717, 1.165) is 10.2 Å². The molecule has 0 spiro atoms. The first-order valence-electron chi connectivity index (χ1n) is 5.38. The molecule has 0 heterocycles. The Hall–Kier alpha value is -0.500. The molecule has 0 unspecified atom stereocenters. The lowest BCUT2D eigenvalue weighted by Gasteiger charge is -2.16. The van der Waals surface area contributed by atoms with Crippen LogP contribution < -0.4 is 0 Å². The van der Waals surface area contributed by atoms with Crippen LogP contribution in [0.4, 0.5) is 5.69 Å². The molecule has 3 heteroatoms. The molecule has 86 valence electrons. The van der Waals surface area contributed by atoms with Gasteiger partial charge in [0, 0.05) is 4.47 Å². The van der Waals surface area contributed by atoms with Gasteiger partial charge in [-0.1, -0.05) is 43.6 Å². The summed E-state index contributed by atoms with van der Waals surface area (Å²) in [5.74, 6) is 0.856. The Labute approximate surface area is 111 Å². The largest absolute Gasteiger partial charge is 0.194 e. The molecule has 1 aromatic rings. The van der Waals surface area contributed by atoms with Crippen LogP contribution in [0.3, 0.4) is 0 Å². The van der Waals surface area contributed by atoms with Gasteiger partial charge >= 0.3 is 0 Å². The molecule has 0 aliphatic heterocycles. The van der Waals surface area contributed by atoms with E-state index in [1.54, 1.807) is 0 Å². The molecule has 0 N–H and O–H groups in total. The number of hydrogen-bond acceptors (Lipinski definition) is 2. The van der Waals surface area contributed by atoms with Crippen molar-refractivity contribution >= 4 is 39.0 Å². The number of nitrogens with zero attached hydrogens (tertiary/aromatic N) is 1. The average molecular weight is 298 g/mol. The van der Waals surface area contributed by atoms with Crippen LogP contribution in [0.5, 0.6) is 0 Å². The van der Waals surface area contributed by atoms with Gasteiger partial charge in [0.15, 0.2) is 0 Å². The number of rotatable bonds is 3. The van der Waals surface area contributed by atoms with Crippen molar-refractivity contribution in [3.63, 3.8) is 0 Å². The molecule has 0 aliphatic carbocycles. The summed E-state index contributed by atoms with van der Waals surface area (Å²) in [6.07, 6.45) is 0. The fourth-order valence-corrected chi connectivity index (χ4v) is 2.28. The van der Waals surface area contributed by atoms with Crippen LogP contribution in [0, 0.1) is 0 Å². The molecule has 16 heavy (non-hydrogen) atoms. The summed E-state index contributed by atoms with van der Waals surface area (Å²) in [6, 6.07) is 4.23. The minimum Gasteiger partial charge on any atom is -0.194 e. The van der Waals surface area contributed by atoms with E-state index in [9.17, 15) is 0 Å². The van der Waals surface area contributed by atoms with E-state index in [1.807, 2.05) is 0 Å². The van der Waals surface area contributed by atoms with E-state index in [0.29, 0.717) is 11.8 Å². The zero-order valence-electron chi connectivity index (χ0n) is 10.0. The molecule has 0 aliphatic rings. The standard InChI is InChI=1S/C13H16BrNS/c1-8(2)11-5-10(14)6-12(9(3)4)13(11)15-7-16/h5-6,8-9H,1-4H3. The molecule has 0 amide bonds. The van der Waals surface area contributed by atoms with Gasteiger partial charge in [-0.25, -0.2) is 0 Å². The summed E-state index contributed by atoms with van der Waals surface area (Å²) in [5, 5.41) is 2.49. The topological polar surface area (TPSA) is 12.4 Å². The van der Waals surface area contributed by atoms with Crippen LogP contribution in [-0.4, -0.2) is 5.16 Å². The maximum atomic E-state index is 4.73. The minimum atomic E-state index is 0.428. The van der Waals surface area contributed by atoms with Crippen LogP contribution in [0.2, 0.25) is 0 Å². The van der Waals surface area contributed by atoms with Crippen molar-refractivity contribution in [2.45, 2.75) is 39.5 Å². The van der Waals surface area contributed by atoms with Gasteiger partial charge in [-0.15, -0.1) is 0 Å². The summed E-state index contributed by atoms with van der Waals surface area (Å²) in [7, 11) is 0. The number of halogens is 1. The molecule has 0 aromatic heterocycles. The van der Waals surface area contributed by atoms with Crippen LogP contribution in [0.1, 0.15) is 50.7 Å². The SMILES string of the molecule is CC(C)c1cc(Br)cc(C(C)C)c1N=C=S. The van der Waals surface area contributed by atoms with Crippen molar-refractivity contribution in [1.82, 2.24) is 0 Å². The highest BCUT2D eigenvalue weighted by atomic mass is 79.9. The Morgan fingerprint density at radius 2 is 1.56 bits per heavy atom. The third-order valence-corrected chi connectivity index (χ3v) is 3.08. The Morgan fingerprint density at radius 1 is 1.12 bits per heavy atom. The van der Waals surface area contributed by atoms with Crippen LogP contribution in [-0.2, 0) is 0 Å². The smallest absolute Gasteiger partial charge is 0.0809 e.